The van der Waals surface area contributed by atoms with Crippen molar-refractivity contribution in [3.8, 4) is 17.2 Å². The van der Waals surface area contributed by atoms with Crippen LogP contribution in [0.5, 0.6) is 0 Å². The zero-order valence-electron chi connectivity index (χ0n) is 20.8. The van der Waals surface area contributed by atoms with Gasteiger partial charge in [0.2, 0.25) is 5.91 Å². The van der Waals surface area contributed by atoms with Gasteiger partial charge >= 0.3 is 0 Å². The van der Waals surface area contributed by atoms with Crippen LogP contribution < -0.4 is 4.90 Å². The summed E-state index contributed by atoms with van der Waals surface area (Å²) >= 11 is 0. The van der Waals surface area contributed by atoms with Crippen molar-refractivity contribution in [1.29, 1.82) is 5.26 Å². The first-order valence-corrected chi connectivity index (χ1v) is 12.6. The normalized spacial score (nSPS) is 16.5. The number of nitrogens with zero attached hydrogens (tertiary/aromatic N) is 5. The Hall–Kier alpha value is -4.34. The van der Waals surface area contributed by atoms with E-state index in [4.69, 9.17) is 0 Å². The lowest BCUT2D eigenvalue weighted by Crippen LogP contribution is -2.47. The third-order valence-electron chi connectivity index (χ3n) is 7.76. The van der Waals surface area contributed by atoms with Crippen molar-refractivity contribution in [2.24, 2.45) is 0 Å². The van der Waals surface area contributed by atoms with E-state index in [9.17, 15) is 10.1 Å². The number of rotatable bonds is 4. The molecular weight excluding hydrogens is 458 g/mol. The van der Waals surface area contributed by atoms with Gasteiger partial charge in [-0.2, -0.15) is 5.26 Å². The molecule has 0 N–H and O–H groups in total. The van der Waals surface area contributed by atoms with Gasteiger partial charge in [-0.25, -0.2) is 4.98 Å². The fraction of sp³-hybridized carbons (Fsp3) is 0.226. The van der Waals surface area contributed by atoms with Crippen LogP contribution in [0.1, 0.15) is 35.4 Å². The van der Waals surface area contributed by atoms with E-state index >= 15 is 0 Å². The number of aromatic nitrogens is 2. The van der Waals surface area contributed by atoms with Crippen LogP contribution in [-0.4, -0.2) is 33.9 Å². The number of hydrogen-bond acceptors (Lipinski definition) is 5. The predicted octanol–water partition coefficient (Wildman–Crippen LogP) is 5.54. The van der Waals surface area contributed by atoms with Crippen molar-refractivity contribution in [1.82, 2.24) is 14.9 Å². The van der Waals surface area contributed by atoms with Crippen molar-refractivity contribution in [3.05, 3.63) is 108 Å². The summed E-state index contributed by atoms with van der Waals surface area (Å²) in [6.07, 6.45) is 3.25. The van der Waals surface area contributed by atoms with Crippen molar-refractivity contribution in [3.63, 3.8) is 0 Å². The van der Waals surface area contributed by atoms with Gasteiger partial charge in [0.15, 0.2) is 0 Å². The fourth-order valence-electron chi connectivity index (χ4n) is 5.62. The van der Waals surface area contributed by atoms with Gasteiger partial charge in [-0.1, -0.05) is 54.6 Å². The topological polar surface area (TPSA) is 73.1 Å². The lowest BCUT2D eigenvalue weighted by molar-refractivity contribution is -0.124. The standard InChI is InChI=1S/C31H27N5O/c1-22-6-5-17-33-28(22)21-35-18-15-31(16-19-35)27-14-11-25(20-32)34-29(27)36(30(31)37)26-12-9-24(10-13-26)23-7-3-2-4-8-23/h2-14,17H,15-16,18-19,21H2,1H3. The molecule has 0 unspecified atom stereocenters. The lowest BCUT2D eigenvalue weighted by atomic mass is 9.74. The molecule has 4 aromatic rings. The van der Waals surface area contributed by atoms with Crippen LogP contribution in [-0.2, 0) is 16.8 Å². The number of likely N-dealkylation sites (tertiary alicyclic amines) is 1. The molecule has 4 heterocycles. The van der Waals surface area contributed by atoms with E-state index < -0.39 is 5.41 Å². The Labute approximate surface area is 216 Å². The third kappa shape index (κ3) is 3.98. The highest BCUT2D eigenvalue weighted by atomic mass is 16.2. The largest absolute Gasteiger partial charge is 0.297 e. The Balaban J connectivity index is 1.31. The van der Waals surface area contributed by atoms with Crippen LogP contribution in [0.2, 0.25) is 0 Å². The minimum absolute atomic E-state index is 0.0474. The monoisotopic (exact) mass is 485 g/mol. The summed E-state index contributed by atoms with van der Waals surface area (Å²) in [4.78, 5) is 27.5. The molecule has 6 nitrogen and oxygen atoms in total. The molecule has 0 aliphatic carbocycles. The highest BCUT2D eigenvalue weighted by Crippen LogP contribution is 2.50. The van der Waals surface area contributed by atoms with Gasteiger partial charge in [-0.3, -0.25) is 19.6 Å². The summed E-state index contributed by atoms with van der Waals surface area (Å²) < 4.78 is 0. The average molecular weight is 486 g/mol. The Morgan fingerprint density at radius 3 is 2.35 bits per heavy atom. The molecule has 0 radical (unpaired) electrons. The van der Waals surface area contributed by atoms with Gasteiger partial charge in [0.05, 0.1) is 16.8 Å². The van der Waals surface area contributed by atoms with E-state index in [0.717, 1.165) is 47.7 Å². The highest BCUT2D eigenvalue weighted by molar-refractivity contribution is 6.12. The third-order valence-corrected chi connectivity index (χ3v) is 7.76. The zero-order valence-corrected chi connectivity index (χ0v) is 20.8. The molecule has 2 aliphatic heterocycles. The molecule has 1 spiro atoms. The van der Waals surface area contributed by atoms with Gasteiger partial charge in [-0.05, 0) is 73.8 Å². The molecule has 37 heavy (non-hydrogen) atoms. The van der Waals surface area contributed by atoms with Crippen molar-refractivity contribution < 1.29 is 4.79 Å². The van der Waals surface area contributed by atoms with E-state index in [2.05, 4.69) is 46.1 Å². The first-order chi connectivity index (χ1) is 18.1. The number of aryl methyl sites for hydroxylation is 1. The quantitative estimate of drug-likeness (QED) is 0.380. The molecule has 182 valence electrons. The summed E-state index contributed by atoms with van der Waals surface area (Å²) in [7, 11) is 0. The number of nitriles is 1. The molecule has 6 rings (SSSR count). The number of pyridine rings is 2. The minimum Gasteiger partial charge on any atom is -0.297 e. The van der Waals surface area contributed by atoms with Gasteiger partial charge in [0, 0.05) is 18.3 Å². The second-order valence-electron chi connectivity index (χ2n) is 9.86. The number of fused-ring (bicyclic) bond motifs is 2. The Kier molecular flexibility index (Phi) is 5.78. The molecule has 0 bridgehead atoms. The molecule has 0 atom stereocenters. The molecule has 1 saturated heterocycles. The minimum atomic E-state index is -0.635. The second-order valence-corrected chi connectivity index (χ2v) is 9.86. The maximum absolute atomic E-state index is 14.2. The van der Waals surface area contributed by atoms with Crippen LogP contribution in [0.25, 0.3) is 11.1 Å². The van der Waals surface area contributed by atoms with Crippen molar-refractivity contribution >= 4 is 17.4 Å². The Morgan fingerprint density at radius 1 is 0.919 bits per heavy atom. The number of hydrogen-bond donors (Lipinski definition) is 0. The SMILES string of the molecule is Cc1cccnc1CN1CCC2(CC1)C(=O)N(c1ccc(-c3ccccc3)cc1)c1nc(C#N)ccc12. The highest BCUT2D eigenvalue weighted by Gasteiger charge is 2.53. The molecule has 1 fully saturated rings. The molecule has 0 saturated carbocycles. The average Bonchev–Trinajstić information content (AvgIpc) is 3.18. The summed E-state index contributed by atoms with van der Waals surface area (Å²) in [6, 6.07) is 28.1. The van der Waals surface area contributed by atoms with Gasteiger partial charge < -0.3 is 0 Å². The second kappa shape index (κ2) is 9.27. The Bertz CT molecular complexity index is 1500. The lowest BCUT2D eigenvalue weighted by Gasteiger charge is -2.38. The zero-order chi connectivity index (χ0) is 25.4. The summed E-state index contributed by atoms with van der Waals surface area (Å²) in [5.41, 5.74) is 5.86. The van der Waals surface area contributed by atoms with E-state index in [0.29, 0.717) is 24.4 Å². The first-order valence-electron chi connectivity index (χ1n) is 12.6. The van der Waals surface area contributed by atoms with Gasteiger partial charge in [0.1, 0.15) is 17.6 Å². The first kappa shape index (κ1) is 23.1. The maximum Gasteiger partial charge on any atom is 0.243 e. The van der Waals surface area contributed by atoms with Crippen molar-refractivity contribution in [2.75, 3.05) is 18.0 Å². The van der Waals surface area contributed by atoms with Crippen molar-refractivity contribution in [2.45, 2.75) is 31.7 Å². The van der Waals surface area contributed by atoms with E-state index in [1.54, 1.807) is 11.0 Å². The summed E-state index contributed by atoms with van der Waals surface area (Å²) in [6.45, 7) is 4.45. The number of carbonyl (C=O) groups excluding carboxylic acids is 1. The van der Waals surface area contributed by atoms with Crippen LogP contribution in [0.3, 0.4) is 0 Å². The molecule has 1 amide bonds. The Morgan fingerprint density at radius 2 is 1.65 bits per heavy atom. The van der Waals surface area contributed by atoms with Crippen LogP contribution >= 0.6 is 0 Å². The van der Waals surface area contributed by atoms with Gasteiger partial charge in [0.25, 0.3) is 0 Å². The molecule has 6 heteroatoms. The number of amides is 1. The number of benzene rings is 2. The van der Waals surface area contributed by atoms with Crippen LogP contribution in [0, 0.1) is 18.3 Å². The predicted molar refractivity (Wildman–Crippen MR) is 143 cm³/mol. The summed E-state index contributed by atoms with van der Waals surface area (Å²) in [5, 5.41) is 9.52. The van der Waals surface area contributed by atoms with Crippen LogP contribution in [0.4, 0.5) is 11.5 Å². The van der Waals surface area contributed by atoms with E-state index in [-0.39, 0.29) is 5.91 Å². The number of anilines is 2. The fourth-order valence-corrected chi connectivity index (χ4v) is 5.62. The molecule has 2 aromatic heterocycles. The summed E-state index contributed by atoms with van der Waals surface area (Å²) in [5.74, 6) is 0.636. The molecular formula is C31H27N5O. The van der Waals surface area contributed by atoms with E-state index in [1.807, 2.05) is 60.8 Å². The molecule has 2 aliphatic rings. The van der Waals surface area contributed by atoms with Crippen LogP contribution in [0.15, 0.2) is 85.1 Å². The van der Waals surface area contributed by atoms with Gasteiger partial charge in [-0.15, -0.1) is 0 Å². The smallest absolute Gasteiger partial charge is 0.243 e. The molecule has 2 aromatic carbocycles. The maximum atomic E-state index is 14.2. The number of piperidine rings is 1. The number of carbonyl (C=O) groups is 1. The van der Waals surface area contributed by atoms with E-state index in [1.165, 1.54) is 5.56 Å².